The van der Waals surface area contributed by atoms with E-state index in [1.165, 1.54) is 0 Å². The van der Waals surface area contributed by atoms with Gasteiger partial charge in [0, 0.05) is 6.42 Å². The zero-order valence-electron chi connectivity index (χ0n) is 7.94. The molecule has 0 saturated heterocycles. The van der Waals surface area contributed by atoms with Crippen LogP contribution in [0.2, 0.25) is 0 Å². The van der Waals surface area contributed by atoms with E-state index in [0.717, 1.165) is 6.42 Å². The normalized spacial score (nSPS) is 11.3. The van der Waals surface area contributed by atoms with Gasteiger partial charge >= 0.3 is 5.97 Å². The van der Waals surface area contributed by atoms with Gasteiger partial charge in [0.25, 0.3) is 0 Å². The number of carbonyl (C=O) groups is 1. The maximum atomic E-state index is 10.7. The highest BCUT2D eigenvalue weighted by Crippen LogP contribution is 2.17. The summed E-state index contributed by atoms with van der Waals surface area (Å²) in [5.74, 6) is -0.103. The Morgan fingerprint density at radius 1 is 1.36 bits per heavy atom. The lowest BCUT2D eigenvalue weighted by atomic mass is 9.93. The van der Waals surface area contributed by atoms with Crippen LogP contribution >= 0.6 is 0 Å². The monoisotopic (exact) mass is 158 g/mol. The first-order valence-corrected chi connectivity index (χ1v) is 4.11. The molecular formula is C9H18O2. The van der Waals surface area contributed by atoms with Gasteiger partial charge < -0.3 is 4.74 Å². The number of hydrogen-bond donors (Lipinski definition) is 0. The SMILES string of the molecule is CCC(=O)OCCC(C)(C)C. The van der Waals surface area contributed by atoms with E-state index < -0.39 is 0 Å². The summed E-state index contributed by atoms with van der Waals surface area (Å²) in [4.78, 5) is 10.7. The Balaban J connectivity index is 3.35. The zero-order valence-corrected chi connectivity index (χ0v) is 7.94. The van der Waals surface area contributed by atoms with Crippen LogP contribution in [0, 0.1) is 5.41 Å². The van der Waals surface area contributed by atoms with Gasteiger partial charge in [0.15, 0.2) is 0 Å². The van der Waals surface area contributed by atoms with Gasteiger partial charge in [-0.1, -0.05) is 27.7 Å². The lowest BCUT2D eigenvalue weighted by Gasteiger charge is -2.17. The zero-order chi connectivity index (χ0) is 8.91. The van der Waals surface area contributed by atoms with E-state index in [1.807, 2.05) is 0 Å². The van der Waals surface area contributed by atoms with Crippen LogP contribution in [0.25, 0.3) is 0 Å². The third kappa shape index (κ3) is 7.37. The van der Waals surface area contributed by atoms with Crippen LogP contribution in [-0.2, 0) is 9.53 Å². The molecule has 0 spiro atoms. The van der Waals surface area contributed by atoms with Gasteiger partial charge in [-0.05, 0) is 11.8 Å². The molecule has 0 heterocycles. The van der Waals surface area contributed by atoms with Crippen LogP contribution < -0.4 is 0 Å². The van der Waals surface area contributed by atoms with E-state index in [1.54, 1.807) is 6.92 Å². The second kappa shape index (κ2) is 4.37. The number of ether oxygens (including phenoxy) is 1. The molecule has 0 fully saturated rings. The Bertz CT molecular complexity index is 122. The van der Waals surface area contributed by atoms with E-state index in [4.69, 9.17) is 4.74 Å². The second-order valence-electron chi connectivity index (χ2n) is 3.88. The molecule has 2 nitrogen and oxygen atoms in total. The minimum absolute atomic E-state index is 0.103. The van der Waals surface area contributed by atoms with E-state index in [-0.39, 0.29) is 11.4 Å². The largest absolute Gasteiger partial charge is 0.466 e. The smallest absolute Gasteiger partial charge is 0.305 e. The van der Waals surface area contributed by atoms with E-state index >= 15 is 0 Å². The maximum absolute atomic E-state index is 10.7. The van der Waals surface area contributed by atoms with Gasteiger partial charge in [0.1, 0.15) is 0 Å². The second-order valence-corrected chi connectivity index (χ2v) is 3.88. The number of hydrogen-bond acceptors (Lipinski definition) is 2. The Morgan fingerprint density at radius 2 is 1.91 bits per heavy atom. The molecule has 0 amide bonds. The van der Waals surface area contributed by atoms with Crippen molar-refractivity contribution in [2.24, 2.45) is 5.41 Å². The minimum atomic E-state index is -0.103. The molecule has 0 aliphatic rings. The molecule has 2 heteroatoms. The summed E-state index contributed by atoms with van der Waals surface area (Å²) in [5, 5.41) is 0. The first kappa shape index (κ1) is 10.5. The Hall–Kier alpha value is -0.530. The third-order valence-electron chi connectivity index (χ3n) is 1.40. The van der Waals surface area contributed by atoms with Gasteiger partial charge in [0.2, 0.25) is 0 Å². The van der Waals surface area contributed by atoms with Gasteiger partial charge in [-0.3, -0.25) is 4.79 Å². The van der Waals surface area contributed by atoms with Crippen molar-refractivity contribution in [2.45, 2.75) is 40.5 Å². The molecule has 0 bridgehead atoms. The van der Waals surface area contributed by atoms with E-state index in [9.17, 15) is 4.79 Å². The quantitative estimate of drug-likeness (QED) is 0.589. The van der Waals surface area contributed by atoms with Gasteiger partial charge in [0.05, 0.1) is 6.61 Å². The summed E-state index contributed by atoms with van der Waals surface area (Å²) in [7, 11) is 0. The molecule has 0 unspecified atom stereocenters. The molecule has 0 aliphatic carbocycles. The van der Waals surface area contributed by atoms with Crippen molar-refractivity contribution in [1.82, 2.24) is 0 Å². The number of carbonyl (C=O) groups excluding carboxylic acids is 1. The minimum Gasteiger partial charge on any atom is -0.466 e. The van der Waals surface area contributed by atoms with Crippen molar-refractivity contribution < 1.29 is 9.53 Å². The van der Waals surface area contributed by atoms with Crippen molar-refractivity contribution in [3.63, 3.8) is 0 Å². The number of esters is 1. The summed E-state index contributed by atoms with van der Waals surface area (Å²) >= 11 is 0. The van der Waals surface area contributed by atoms with Crippen LogP contribution in [0.5, 0.6) is 0 Å². The first-order chi connectivity index (χ1) is 4.95. The lowest BCUT2D eigenvalue weighted by molar-refractivity contribution is -0.143. The van der Waals surface area contributed by atoms with Crippen LogP contribution in [0.1, 0.15) is 40.5 Å². The summed E-state index contributed by atoms with van der Waals surface area (Å²) in [5.41, 5.74) is 0.258. The molecule has 0 aromatic heterocycles. The molecule has 11 heavy (non-hydrogen) atoms. The van der Waals surface area contributed by atoms with Crippen molar-refractivity contribution >= 4 is 5.97 Å². The molecule has 0 N–H and O–H groups in total. The lowest BCUT2D eigenvalue weighted by Crippen LogP contribution is -2.12. The summed E-state index contributed by atoms with van der Waals surface area (Å²) in [6.07, 6.45) is 1.41. The topological polar surface area (TPSA) is 26.3 Å². The van der Waals surface area contributed by atoms with Gasteiger partial charge in [-0.15, -0.1) is 0 Å². The van der Waals surface area contributed by atoms with Gasteiger partial charge in [-0.25, -0.2) is 0 Å². The van der Waals surface area contributed by atoms with Crippen molar-refractivity contribution in [3.05, 3.63) is 0 Å². The third-order valence-corrected chi connectivity index (χ3v) is 1.40. The predicted molar refractivity (Wildman–Crippen MR) is 45.3 cm³/mol. The highest BCUT2D eigenvalue weighted by molar-refractivity contribution is 5.68. The molecule has 66 valence electrons. The fourth-order valence-corrected chi connectivity index (χ4v) is 0.573. The molecule has 0 aromatic rings. The van der Waals surface area contributed by atoms with Crippen molar-refractivity contribution in [1.29, 1.82) is 0 Å². The Labute approximate surface area is 68.9 Å². The summed E-state index contributed by atoms with van der Waals surface area (Å²) in [6.45, 7) is 8.75. The molecule has 0 atom stereocenters. The molecular weight excluding hydrogens is 140 g/mol. The summed E-state index contributed by atoms with van der Waals surface area (Å²) < 4.78 is 4.93. The van der Waals surface area contributed by atoms with E-state index in [2.05, 4.69) is 20.8 Å². The van der Waals surface area contributed by atoms with Crippen LogP contribution in [0.15, 0.2) is 0 Å². The fraction of sp³-hybridized carbons (Fsp3) is 0.889. The maximum Gasteiger partial charge on any atom is 0.305 e. The van der Waals surface area contributed by atoms with Crippen molar-refractivity contribution in [3.8, 4) is 0 Å². The standard InChI is InChI=1S/C9H18O2/c1-5-8(10)11-7-6-9(2,3)4/h5-7H2,1-4H3. The molecule has 0 rings (SSSR count). The van der Waals surface area contributed by atoms with Gasteiger partial charge in [-0.2, -0.15) is 0 Å². The van der Waals surface area contributed by atoms with Crippen LogP contribution in [-0.4, -0.2) is 12.6 Å². The molecule has 0 saturated carbocycles. The number of rotatable bonds is 3. The first-order valence-electron chi connectivity index (χ1n) is 4.11. The highest BCUT2D eigenvalue weighted by atomic mass is 16.5. The molecule has 0 aromatic carbocycles. The highest BCUT2D eigenvalue weighted by Gasteiger charge is 2.10. The Kier molecular flexibility index (Phi) is 4.16. The fourth-order valence-electron chi connectivity index (χ4n) is 0.573. The van der Waals surface area contributed by atoms with Crippen LogP contribution in [0.4, 0.5) is 0 Å². The van der Waals surface area contributed by atoms with Crippen LogP contribution in [0.3, 0.4) is 0 Å². The average Bonchev–Trinajstić information content (AvgIpc) is 1.85. The average molecular weight is 158 g/mol. The van der Waals surface area contributed by atoms with Crippen molar-refractivity contribution in [2.75, 3.05) is 6.61 Å². The van der Waals surface area contributed by atoms with E-state index in [0.29, 0.717) is 13.0 Å². The molecule has 0 aliphatic heterocycles. The summed E-state index contributed by atoms with van der Waals surface area (Å²) in [6, 6.07) is 0. The predicted octanol–water partition coefficient (Wildman–Crippen LogP) is 2.38. The molecule has 0 radical (unpaired) electrons. The Morgan fingerprint density at radius 3 is 2.27 bits per heavy atom.